The largest absolute Gasteiger partial charge is 0.481 e. The van der Waals surface area contributed by atoms with Crippen molar-refractivity contribution in [1.29, 1.82) is 0 Å². The van der Waals surface area contributed by atoms with Crippen molar-refractivity contribution in [2.24, 2.45) is 5.73 Å². The zero-order valence-corrected chi connectivity index (χ0v) is 13.5. The number of hydrogen-bond acceptors (Lipinski definition) is 3. The number of carbonyl (C=O) groups excluding carboxylic acids is 2. The third-order valence-electron chi connectivity index (χ3n) is 4.25. The van der Waals surface area contributed by atoms with Gasteiger partial charge in [-0.3, -0.25) is 9.59 Å². The molecule has 1 aliphatic rings. The third kappa shape index (κ3) is 4.97. The first-order valence-electron chi connectivity index (χ1n) is 8.12. The molecular formula is C17H23N3O4. The van der Waals surface area contributed by atoms with E-state index in [9.17, 15) is 14.4 Å². The fourth-order valence-electron chi connectivity index (χ4n) is 2.98. The first-order valence-corrected chi connectivity index (χ1v) is 8.12. The number of piperidine rings is 1. The number of urea groups is 1. The molecule has 1 saturated heterocycles. The van der Waals surface area contributed by atoms with E-state index in [-0.39, 0.29) is 18.4 Å². The molecule has 2 rings (SSSR count). The number of aliphatic carboxylic acids is 1. The molecule has 1 heterocycles. The molecular weight excluding hydrogens is 310 g/mol. The maximum atomic E-state index is 12.7. The number of rotatable bonds is 6. The van der Waals surface area contributed by atoms with E-state index < -0.39 is 12.0 Å². The highest BCUT2D eigenvalue weighted by atomic mass is 16.4. The van der Waals surface area contributed by atoms with Crippen molar-refractivity contribution in [3.63, 3.8) is 0 Å². The van der Waals surface area contributed by atoms with E-state index in [4.69, 9.17) is 10.8 Å². The van der Waals surface area contributed by atoms with Crippen LogP contribution in [0.1, 0.15) is 48.0 Å². The third-order valence-corrected chi connectivity index (χ3v) is 4.25. The van der Waals surface area contributed by atoms with Crippen molar-refractivity contribution >= 4 is 17.9 Å². The van der Waals surface area contributed by atoms with Gasteiger partial charge in [-0.2, -0.15) is 0 Å². The molecule has 0 saturated carbocycles. The predicted molar refractivity (Wildman–Crippen MR) is 88.4 cm³/mol. The zero-order chi connectivity index (χ0) is 17.5. The molecule has 3 amide bonds. The van der Waals surface area contributed by atoms with Gasteiger partial charge in [0.2, 0.25) is 0 Å². The topological polar surface area (TPSA) is 113 Å². The highest BCUT2D eigenvalue weighted by Gasteiger charge is 2.27. The van der Waals surface area contributed by atoms with Crippen LogP contribution in [0.5, 0.6) is 0 Å². The summed E-state index contributed by atoms with van der Waals surface area (Å²) in [6.07, 6.45) is 3.37. The second kappa shape index (κ2) is 8.33. The van der Waals surface area contributed by atoms with Gasteiger partial charge in [0.15, 0.2) is 0 Å². The summed E-state index contributed by atoms with van der Waals surface area (Å²) >= 11 is 0. The van der Waals surface area contributed by atoms with Crippen LogP contribution in [0.2, 0.25) is 0 Å². The highest BCUT2D eigenvalue weighted by Crippen LogP contribution is 2.23. The van der Waals surface area contributed by atoms with Gasteiger partial charge in [-0.1, -0.05) is 12.1 Å². The Bertz CT molecular complexity index is 600. The number of nitrogens with two attached hydrogens (primary N) is 1. The van der Waals surface area contributed by atoms with Crippen LogP contribution in [0, 0.1) is 0 Å². The summed E-state index contributed by atoms with van der Waals surface area (Å²) in [6.45, 7) is 0.975. The van der Waals surface area contributed by atoms with E-state index in [2.05, 4.69) is 5.32 Å². The molecule has 0 aromatic heterocycles. The number of nitrogens with zero attached hydrogens (tertiary/aromatic N) is 1. The molecule has 4 N–H and O–H groups in total. The minimum Gasteiger partial charge on any atom is -0.481 e. The van der Waals surface area contributed by atoms with Gasteiger partial charge in [0, 0.05) is 31.1 Å². The number of nitrogens with one attached hydrogen (secondary N) is 1. The van der Waals surface area contributed by atoms with Gasteiger partial charge in [-0.05, 0) is 43.4 Å². The Labute approximate surface area is 140 Å². The molecule has 1 aromatic carbocycles. The smallest absolute Gasteiger partial charge is 0.312 e. The molecule has 1 aliphatic heterocycles. The maximum Gasteiger partial charge on any atom is 0.312 e. The van der Waals surface area contributed by atoms with Gasteiger partial charge in [0.05, 0.1) is 0 Å². The number of benzene rings is 1. The summed E-state index contributed by atoms with van der Waals surface area (Å²) in [6, 6.07) is 6.40. The van der Waals surface area contributed by atoms with Crippen LogP contribution >= 0.6 is 0 Å². The lowest BCUT2D eigenvalue weighted by Crippen LogP contribution is -2.44. The summed E-state index contributed by atoms with van der Waals surface area (Å²) in [7, 11) is 0. The Morgan fingerprint density at radius 3 is 2.54 bits per heavy atom. The molecule has 1 aromatic rings. The predicted octanol–water partition coefficient (Wildman–Crippen LogP) is 1.71. The van der Waals surface area contributed by atoms with Crippen molar-refractivity contribution in [3.8, 4) is 0 Å². The summed E-state index contributed by atoms with van der Waals surface area (Å²) in [5.74, 6) is -0.904. The average molecular weight is 333 g/mol. The number of carbonyl (C=O) groups is 3. The Kier molecular flexibility index (Phi) is 6.17. The number of carboxylic acid groups (broad SMARTS) is 1. The standard InChI is InChI=1S/C17H23N3O4/c18-17(24)19-11-12-4-6-13(7-5-12)16(23)20-10-2-1-3-14(20)8-9-15(21)22/h4-7,14H,1-3,8-11H2,(H,21,22)(H3,18,19,24). The van der Waals surface area contributed by atoms with Crippen molar-refractivity contribution in [1.82, 2.24) is 10.2 Å². The molecule has 1 fully saturated rings. The minimum absolute atomic E-state index is 0.0152. The van der Waals surface area contributed by atoms with E-state index in [1.165, 1.54) is 0 Å². The number of likely N-dealkylation sites (tertiary alicyclic amines) is 1. The van der Waals surface area contributed by atoms with Gasteiger partial charge in [-0.25, -0.2) is 4.79 Å². The van der Waals surface area contributed by atoms with E-state index in [1.807, 2.05) is 0 Å². The summed E-state index contributed by atoms with van der Waals surface area (Å²) in [5, 5.41) is 11.4. The van der Waals surface area contributed by atoms with Crippen molar-refractivity contribution in [3.05, 3.63) is 35.4 Å². The molecule has 7 heteroatoms. The van der Waals surface area contributed by atoms with Crippen LogP contribution in [0.15, 0.2) is 24.3 Å². The van der Waals surface area contributed by atoms with E-state index >= 15 is 0 Å². The van der Waals surface area contributed by atoms with E-state index in [0.29, 0.717) is 25.1 Å². The molecule has 7 nitrogen and oxygen atoms in total. The fourth-order valence-corrected chi connectivity index (χ4v) is 2.98. The molecule has 0 radical (unpaired) electrons. The van der Waals surface area contributed by atoms with Crippen molar-refractivity contribution in [2.45, 2.75) is 44.7 Å². The van der Waals surface area contributed by atoms with Gasteiger partial charge in [-0.15, -0.1) is 0 Å². The van der Waals surface area contributed by atoms with Crippen LogP contribution < -0.4 is 11.1 Å². The zero-order valence-electron chi connectivity index (χ0n) is 13.5. The molecule has 0 bridgehead atoms. The summed E-state index contributed by atoms with van der Waals surface area (Å²) < 4.78 is 0. The summed E-state index contributed by atoms with van der Waals surface area (Å²) in [4.78, 5) is 36.0. The lowest BCUT2D eigenvalue weighted by molar-refractivity contribution is -0.137. The van der Waals surface area contributed by atoms with Crippen LogP contribution in [0.25, 0.3) is 0 Å². The number of primary amides is 1. The van der Waals surface area contributed by atoms with Crippen molar-refractivity contribution in [2.75, 3.05) is 6.54 Å². The first-order chi connectivity index (χ1) is 11.5. The molecule has 1 atom stereocenters. The number of amides is 3. The van der Waals surface area contributed by atoms with Gasteiger partial charge >= 0.3 is 12.0 Å². The number of hydrogen-bond donors (Lipinski definition) is 3. The fraction of sp³-hybridized carbons (Fsp3) is 0.471. The highest BCUT2D eigenvalue weighted by molar-refractivity contribution is 5.94. The van der Waals surface area contributed by atoms with Crippen LogP contribution in [-0.2, 0) is 11.3 Å². The quantitative estimate of drug-likeness (QED) is 0.735. The average Bonchev–Trinajstić information content (AvgIpc) is 2.58. The van der Waals surface area contributed by atoms with Crippen LogP contribution in [0.4, 0.5) is 4.79 Å². The molecule has 0 spiro atoms. The normalized spacial score (nSPS) is 17.3. The Morgan fingerprint density at radius 2 is 1.92 bits per heavy atom. The van der Waals surface area contributed by atoms with Gasteiger partial charge < -0.3 is 21.1 Å². The van der Waals surface area contributed by atoms with Crippen molar-refractivity contribution < 1.29 is 19.5 Å². The van der Waals surface area contributed by atoms with E-state index in [0.717, 1.165) is 24.8 Å². The van der Waals surface area contributed by atoms with E-state index in [1.54, 1.807) is 29.2 Å². The lowest BCUT2D eigenvalue weighted by atomic mass is 9.96. The maximum absolute atomic E-state index is 12.7. The second-order valence-corrected chi connectivity index (χ2v) is 6.00. The molecule has 0 aliphatic carbocycles. The minimum atomic E-state index is -0.834. The lowest BCUT2D eigenvalue weighted by Gasteiger charge is -2.35. The Morgan fingerprint density at radius 1 is 1.21 bits per heavy atom. The van der Waals surface area contributed by atoms with Gasteiger partial charge in [0.1, 0.15) is 0 Å². The van der Waals surface area contributed by atoms with Crippen LogP contribution in [0.3, 0.4) is 0 Å². The second-order valence-electron chi connectivity index (χ2n) is 6.00. The Hall–Kier alpha value is -2.57. The molecule has 24 heavy (non-hydrogen) atoms. The number of carboxylic acids is 1. The molecule has 1 unspecified atom stereocenters. The van der Waals surface area contributed by atoms with Gasteiger partial charge in [0.25, 0.3) is 5.91 Å². The monoisotopic (exact) mass is 333 g/mol. The molecule has 130 valence electrons. The van der Waals surface area contributed by atoms with Crippen LogP contribution in [-0.4, -0.2) is 40.5 Å². The Balaban J connectivity index is 2.02. The summed E-state index contributed by atoms with van der Waals surface area (Å²) in [5.41, 5.74) is 6.45. The first kappa shape index (κ1) is 17.8. The SMILES string of the molecule is NC(=O)NCc1ccc(C(=O)N2CCCCC2CCC(=O)O)cc1.